The molecule has 0 spiro atoms. The van der Waals surface area contributed by atoms with Crippen molar-refractivity contribution in [2.45, 2.75) is 44.2 Å². The van der Waals surface area contributed by atoms with Gasteiger partial charge in [-0.2, -0.15) is 0 Å². The number of halogens is 1. The zero-order chi connectivity index (χ0) is 41.8. The van der Waals surface area contributed by atoms with Crippen LogP contribution in [0.4, 0.5) is 9.59 Å². The molecule has 1 fully saturated rings. The largest absolute Gasteiger partial charge is 0.509 e. The molecular formula is C42H37ClO16. The molecule has 3 heterocycles. The van der Waals surface area contributed by atoms with Crippen LogP contribution >= 0.6 is 11.6 Å². The zero-order valence-corrected chi connectivity index (χ0v) is 32.6. The highest BCUT2D eigenvalue weighted by atomic mass is 35.5. The molecule has 3 aliphatic heterocycles. The quantitative estimate of drug-likeness (QED) is 0.0741. The topological polar surface area (TPSA) is 179 Å². The second-order valence-electron chi connectivity index (χ2n) is 13.0. The van der Waals surface area contributed by atoms with Gasteiger partial charge in [-0.05, 0) is 66.4 Å². The summed E-state index contributed by atoms with van der Waals surface area (Å²) in [4.78, 5) is 53.5. The monoisotopic (exact) mass is 832 g/mol. The van der Waals surface area contributed by atoms with Gasteiger partial charge in [-0.3, -0.25) is 0 Å². The predicted octanol–water partition coefficient (Wildman–Crippen LogP) is 7.34. The van der Waals surface area contributed by atoms with Crippen LogP contribution in [0.15, 0.2) is 79.9 Å². The number of carbonyl (C=O) groups excluding carboxylic acids is 4. The first-order valence-corrected chi connectivity index (χ1v) is 18.4. The molecule has 0 aromatic heterocycles. The molecule has 17 heteroatoms. The normalized spacial score (nSPS) is 20.1. The number of rotatable bonds is 13. The summed E-state index contributed by atoms with van der Waals surface area (Å²) in [6, 6.07) is 14.3. The molecule has 3 aliphatic rings. The first-order valence-electron chi connectivity index (χ1n) is 18.0. The maximum atomic E-state index is 13.7. The molecule has 308 valence electrons. The number of fused-ring (bicyclic) bond motifs is 3. The van der Waals surface area contributed by atoms with Crippen LogP contribution in [0.2, 0.25) is 5.02 Å². The molecule has 0 saturated carbocycles. The Balaban J connectivity index is 1.38. The van der Waals surface area contributed by atoms with Gasteiger partial charge < -0.3 is 56.8 Å². The number of carbonyl (C=O) groups is 4. The van der Waals surface area contributed by atoms with Crippen molar-refractivity contribution in [3.05, 3.63) is 102 Å². The molecule has 59 heavy (non-hydrogen) atoms. The summed E-state index contributed by atoms with van der Waals surface area (Å²) in [6.45, 7) is 7.93. The first kappa shape index (κ1) is 40.5. The molecule has 7 rings (SSSR count). The van der Waals surface area contributed by atoms with E-state index < -0.39 is 55.0 Å². The second kappa shape index (κ2) is 17.5. The number of hydrogen-bond donors (Lipinski definition) is 0. The molecule has 0 radical (unpaired) electrons. The van der Waals surface area contributed by atoms with Gasteiger partial charge in [0.05, 0.1) is 25.3 Å². The molecular weight excluding hydrogens is 796 g/mol. The summed E-state index contributed by atoms with van der Waals surface area (Å²) in [6.07, 6.45) is -7.32. The molecule has 0 N–H and O–H groups in total. The Kier molecular flexibility index (Phi) is 12.0. The highest BCUT2D eigenvalue weighted by Crippen LogP contribution is 2.50. The van der Waals surface area contributed by atoms with Gasteiger partial charge in [0.15, 0.2) is 35.2 Å². The van der Waals surface area contributed by atoms with Crippen LogP contribution in [0.25, 0.3) is 21.9 Å². The Morgan fingerprint density at radius 3 is 2.08 bits per heavy atom. The van der Waals surface area contributed by atoms with Crippen molar-refractivity contribution in [2.24, 2.45) is 0 Å². The smallest absolute Gasteiger partial charge is 0.493 e. The highest BCUT2D eigenvalue weighted by Gasteiger charge is 2.53. The Morgan fingerprint density at radius 2 is 1.42 bits per heavy atom. The molecule has 0 aliphatic carbocycles. The van der Waals surface area contributed by atoms with Crippen molar-refractivity contribution in [1.29, 1.82) is 0 Å². The summed E-state index contributed by atoms with van der Waals surface area (Å²) in [7, 11) is 2.91. The third-order valence-corrected chi connectivity index (χ3v) is 9.72. The average Bonchev–Trinajstić information content (AvgIpc) is 3.87. The molecule has 1 saturated heterocycles. The van der Waals surface area contributed by atoms with Crippen LogP contribution in [-0.4, -0.2) is 89.2 Å². The number of cyclic esters (lactones) is 1. The number of ether oxygens (including phenoxy) is 12. The van der Waals surface area contributed by atoms with Crippen LogP contribution < -0.4 is 23.7 Å². The summed E-state index contributed by atoms with van der Waals surface area (Å²) < 4.78 is 68.8. The van der Waals surface area contributed by atoms with Crippen molar-refractivity contribution in [3.63, 3.8) is 0 Å². The van der Waals surface area contributed by atoms with E-state index in [-0.39, 0.29) is 43.5 Å². The third-order valence-electron chi connectivity index (χ3n) is 9.46. The van der Waals surface area contributed by atoms with E-state index in [1.807, 2.05) is 0 Å². The van der Waals surface area contributed by atoms with Gasteiger partial charge in [-0.25, -0.2) is 19.2 Å². The average molecular weight is 833 g/mol. The van der Waals surface area contributed by atoms with Gasteiger partial charge >= 0.3 is 24.2 Å². The van der Waals surface area contributed by atoms with E-state index in [9.17, 15) is 19.2 Å². The van der Waals surface area contributed by atoms with Crippen molar-refractivity contribution in [2.75, 3.05) is 34.2 Å². The second-order valence-corrected chi connectivity index (χ2v) is 13.5. The SMILES string of the molecule is C=CCOC(=O)O[C@H]1[C@H](OC(=O)c2ccc(Cl)cc2)[C@@H](OC(=O)OCC=C)C(Oc2c3c(c(-c4ccc5c(c4)OCO5)c4cc(OC)c(OC)cc24)C(=O)OC3)O[C@@H]1C. The summed E-state index contributed by atoms with van der Waals surface area (Å²) in [5.74, 6) is 0.112. The van der Waals surface area contributed by atoms with Gasteiger partial charge in [-0.15, -0.1) is 0 Å². The lowest BCUT2D eigenvalue weighted by atomic mass is 9.89. The molecule has 0 amide bonds. The lowest BCUT2D eigenvalue weighted by Crippen LogP contribution is -2.62. The number of methoxy groups -OCH3 is 2. The zero-order valence-electron chi connectivity index (χ0n) is 31.9. The van der Waals surface area contributed by atoms with Gasteiger partial charge in [0.2, 0.25) is 19.2 Å². The summed E-state index contributed by atoms with van der Waals surface area (Å²) in [5.41, 5.74) is 1.56. The van der Waals surface area contributed by atoms with E-state index in [0.29, 0.717) is 55.5 Å². The minimum Gasteiger partial charge on any atom is -0.493 e. The van der Waals surface area contributed by atoms with Gasteiger partial charge in [0.25, 0.3) is 0 Å². The van der Waals surface area contributed by atoms with E-state index in [0.717, 1.165) is 0 Å². The van der Waals surface area contributed by atoms with Crippen molar-refractivity contribution in [3.8, 4) is 39.9 Å². The van der Waals surface area contributed by atoms with Gasteiger partial charge in [0, 0.05) is 21.5 Å². The molecule has 4 aromatic rings. The summed E-state index contributed by atoms with van der Waals surface area (Å²) in [5, 5.41) is 1.20. The number of esters is 2. The highest BCUT2D eigenvalue weighted by molar-refractivity contribution is 6.30. The van der Waals surface area contributed by atoms with E-state index in [1.54, 1.807) is 30.3 Å². The van der Waals surface area contributed by atoms with Crippen molar-refractivity contribution >= 4 is 46.6 Å². The van der Waals surface area contributed by atoms with Crippen molar-refractivity contribution < 1.29 is 76.0 Å². The number of hydrogen-bond acceptors (Lipinski definition) is 16. The number of benzene rings is 4. The van der Waals surface area contributed by atoms with Crippen LogP contribution in [0, 0.1) is 0 Å². The minimum absolute atomic E-state index is 0.0274. The molecule has 1 unspecified atom stereocenters. The third kappa shape index (κ3) is 8.22. The molecule has 5 atom stereocenters. The molecule has 0 bridgehead atoms. The Bertz CT molecular complexity index is 2310. The predicted molar refractivity (Wildman–Crippen MR) is 206 cm³/mol. The lowest BCUT2D eigenvalue weighted by Gasteiger charge is -2.43. The van der Waals surface area contributed by atoms with E-state index >= 15 is 0 Å². The Morgan fingerprint density at radius 1 is 0.780 bits per heavy atom. The van der Waals surface area contributed by atoms with Crippen molar-refractivity contribution in [1.82, 2.24) is 0 Å². The van der Waals surface area contributed by atoms with E-state index in [2.05, 4.69) is 13.2 Å². The summed E-state index contributed by atoms with van der Waals surface area (Å²) >= 11 is 6.06. The first-order chi connectivity index (χ1) is 28.5. The van der Waals surface area contributed by atoms with Gasteiger partial charge in [-0.1, -0.05) is 43.0 Å². The fourth-order valence-corrected chi connectivity index (χ4v) is 6.95. The fraction of sp³-hybridized carbons (Fsp3) is 0.286. The molecule has 16 nitrogen and oxygen atoms in total. The van der Waals surface area contributed by atoms with Crippen LogP contribution in [0.1, 0.15) is 33.2 Å². The van der Waals surface area contributed by atoms with E-state index in [4.69, 9.17) is 68.4 Å². The maximum Gasteiger partial charge on any atom is 0.509 e. The Hall–Kier alpha value is -6.65. The Labute approximate surface area is 341 Å². The van der Waals surface area contributed by atoms with Crippen LogP contribution in [-0.2, 0) is 39.8 Å². The van der Waals surface area contributed by atoms with E-state index in [1.165, 1.54) is 57.6 Å². The van der Waals surface area contributed by atoms with Crippen LogP contribution in [0.5, 0.6) is 28.7 Å². The lowest BCUT2D eigenvalue weighted by molar-refractivity contribution is -0.270. The standard InChI is InChI=1S/C42H37ClO16/c1-6-14-50-41(46)58-34-21(3)55-40(37(59-42(47)51-15-7-2)36(34)56-38(44)22-8-11-24(43)12-9-22)57-35-26-18-30(49-5)29(48-4)17-25(26)32(33-27(35)19-52-39(33)45)23-10-13-28-31(16-23)54-20-53-28/h6-13,16-18,21,34,36-37,40H,1-2,14-15,19-20H2,3-5H3/t21-,34-,36+,37-,40?/m1/s1. The van der Waals surface area contributed by atoms with Crippen LogP contribution in [0.3, 0.4) is 0 Å². The fourth-order valence-electron chi connectivity index (χ4n) is 6.82. The molecule has 4 aromatic carbocycles. The maximum absolute atomic E-state index is 13.7. The minimum atomic E-state index is -1.71. The van der Waals surface area contributed by atoms with Gasteiger partial charge in [0.1, 0.15) is 31.7 Å².